The molecule has 5 aliphatic rings. The molecule has 0 unspecified atom stereocenters. The summed E-state index contributed by atoms with van der Waals surface area (Å²) in [6, 6.07) is 63.5. The van der Waals surface area contributed by atoms with E-state index in [1.54, 1.807) is 4.90 Å². The third kappa shape index (κ3) is 7.37. The molecule has 0 spiro atoms. The van der Waals surface area contributed by atoms with E-state index in [0.29, 0.717) is 35.4 Å². The summed E-state index contributed by atoms with van der Waals surface area (Å²) in [5.74, 6) is 3.08. The normalized spacial score (nSPS) is 15.6. The Morgan fingerprint density at radius 2 is 0.904 bits per heavy atom. The van der Waals surface area contributed by atoms with Crippen LogP contribution in [0.15, 0.2) is 206 Å². The maximum absolute atomic E-state index is 5.11. The second-order valence-corrected chi connectivity index (χ2v) is 21.9. The molecule has 10 heteroatoms. The molecule has 0 saturated heterocycles. The quantitative estimate of drug-likeness (QED) is 0.156. The average Bonchev–Trinajstić information content (AvgIpc) is 3.40. The largest absolute Gasteiger partial charge is 0.311 e. The Morgan fingerprint density at radius 1 is 0.411 bits per heavy atom. The lowest BCUT2D eigenvalue weighted by molar-refractivity contribution is 0.590. The first-order valence-corrected chi connectivity index (χ1v) is 25.4. The van der Waals surface area contributed by atoms with Crippen molar-refractivity contribution in [1.29, 1.82) is 0 Å². The van der Waals surface area contributed by atoms with Crippen LogP contribution in [0.2, 0.25) is 0 Å². The molecule has 9 nitrogen and oxygen atoms in total. The fourth-order valence-corrected chi connectivity index (χ4v) is 10.8. The molecule has 0 fully saturated rings. The van der Waals surface area contributed by atoms with Crippen LogP contribution in [0, 0.1) is 0 Å². The predicted molar refractivity (Wildman–Crippen MR) is 306 cm³/mol. The highest BCUT2D eigenvalue weighted by atomic mass is 15.5. The van der Waals surface area contributed by atoms with E-state index in [-0.39, 0.29) is 23.5 Å². The number of hydrogen-bond acceptors (Lipinski definition) is 9. The molecule has 0 radical (unpaired) electrons. The first-order chi connectivity index (χ1) is 35.3. The Kier molecular flexibility index (Phi) is 10.1. The third-order valence-electron chi connectivity index (χ3n) is 14.8. The van der Waals surface area contributed by atoms with Crippen LogP contribution in [0.5, 0.6) is 0 Å². The minimum absolute atomic E-state index is 0.0232. The Hall–Kier alpha value is -8.50. The van der Waals surface area contributed by atoms with Gasteiger partial charge in [0.1, 0.15) is 0 Å². The minimum atomic E-state index is -0.0516. The van der Waals surface area contributed by atoms with Crippen LogP contribution in [0.3, 0.4) is 0 Å². The Bertz CT molecular complexity index is 3740. The lowest BCUT2D eigenvalue weighted by atomic mass is 9.33. The van der Waals surface area contributed by atoms with Crippen LogP contribution in [-0.2, 0) is 10.8 Å². The van der Waals surface area contributed by atoms with Crippen LogP contribution < -0.4 is 26.2 Å². The van der Waals surface area contributed by atoms with Crippen molar-refractivity contribution in [3.63, 3.8) is 0 Å². The van der Waals surface area contributed by atoms with Gasteiger partial charge < -0.3 is 9.80 Å². The van der Waals surface area contributed by atoms with Crippen molar-refractivity contribution < 1.29 is 0 Å². The second-order valence-electron chi connectivity index (χ2n) is 21.9. The molecular formula is C63H54BN9. The van der Waals surface area contributed by atoms with Crippen molar-refractivity contribution in [3.05, 3.63) is 209 Å². The van der Waals surface area contributed by atoms with Gasteiger partial charge in [0, 0.05) is 56.2 Å². The fraction of sp³-hybridized carbons (Fsp3) is 0.175. The number of nitrogens with zero attached hydrogens (tertiary/aromatic N) is 9. The summed E-state index contributed by atoms with van der Waals surface area (Å²) in [4.78, 5) is 36.8. The molecule has 73 heavy (non-hydrogen) atoms. The lowest BCUT2D eigenvalue weighted by Crippen LogP contribution is -2.61. The predicted octanol–water partition coefficient (Wildman–Crippen LogP) is 12.7. The molecule has 0 atom stereocenters. The van der Waals surface area contributed by atoms with E-state index >= 15 is 0 Å². The minimum Gasteiger partial charge on any atom is -0.311 e. The zero-order valence-corrected chi connectivity index (χ0v) is 42.4. The van der Waals surface area contributed by atoms with Gasteiger partial charge in [-0.05, 0) is 110 Å². The van der Waals surface area contributed by atoms with Gasteiger partial charge in [0.25, 0.3) is 6.71 Å². The summed E-state index contributed by atoms with van der Waals surface area (Å²) in [7, 11) is 0. The number of aliphatic imine (C=N–C) groups is 6. The van der Waals surface area contributed by atoms with Gasteiger partial charge in [0.15, 0.2) is 17.5 Å². The van der Waals surface area contributed by atoms with Gasteiger partial charge in [-0.2, -0.15) is 30.0 Å². The van der Waals surface area contributed by atoms with Crippen molar-refractivity contribution in [2.75, 3.05) is 9.80 Å². The summed E-state index contributed by atoms with van der Waals surface area (Å²) < 4.78 is 0. The Labute approximate surface area is 427 Å². The highest BCUT2D eigenvalue weighted by molar-refractivity contribution is 7.00. The number of guanidine groups is 3. The number of hydrogen-bond donors (Lipinski definition) is 0. The fourth-order valence-electron chi connectivity index (χ4n) is 10.8. The van der Waals surface area contributed by atoms with Gasteiger partial charge in [-0.1, -0.05) is 177 Å². The van der Waals surface area contributed by atoms with Gasteiger partial charge >= 0.3 is 0 Å². The number of fused-ring (bicyclic) bond motifs is 6. The van der Waals surface area contributed by atoms with Gasteiger partial charge in [-0.15, -0.1) is 0 Å². The van der Waals surface area contributed by atoms with E-state index in [0.717, 1.165) is 28.1 Å². The number of rotatable bonds is 6. The smallest absolute Gasteiger partial charge is 0.252 e. The molecule has 13 rings (SSSR count). The van der Waals surface area contributed by atoms with E-state index in [1.807, 2.05) is 60.7 Å². The van der Waals surface area contributed by atoms with E-state index in [9.17, 15) is 0 Å². The highest BCUT2D eigenvalue weighted by Gasteiger charge is 2.45. The van der Waals surface area contributed by atoms with E-state index in [2.05, 4.69) is 180 Å². The Morgan fingerprint density at radius 3 is 1.47 bits per heavy atom. The second kappa shape index (κ2) is 16.5. The molecule has 354 valence electrons. The van der Waals surface area contributed by atoms with Crippen LogP contribution in [0.1, 0.15) is 94.7 Å². The zero-order valence-electron chi connectivity index (χ0n) is 42.4. The van der Waals surface area contributed by atoms with Gasteiger partial charge in [0.05, 0.1) is 0 Å². The lowest BCUT2D eigenvalue weighted by Gasteiger charge is -2.45. The molecule has 0 aromatic heterocycles. The SMILES string of the molecule is CC(C)c1cc2c3c(c1)N(c1ccc(C4=NC5=NC(c6ccccc6)=NC6=NC(c7ccccc7)=NC(=N4)N65)cc1)c1c(ccc4ccccc14)B3c1cc(C(C)(C)C)ccc1N2c1ccc(C(C)(C)C)cc1. The van der Waals surface area contributed by atoms with Crippen molar-refractivity contribution in [2.45, 2.75) is 72.1 Å². The maximum Gasteiger partial charge on any atom is 0.252 e. The third-order valence-corrected chi connectivity index (χ3v) is 14.8. The average molecular weight is 948 g/mol. The highest BCUT2D eigenvalue weighted by Crippen LogP contribution is 2.48. The number of benzene rings is 8. The van der Waals surface area contributed by atoms with Gasteiger partial charge in [-0.3, -0.25) is 0 Å². The van der Waals surface area contributed by atoms with Crippen molar-refractivity contribution in [3.8, 4) is 0 Å². The van der Waals surface area contributed by atoms with E-state index < -0.39 is 0 Å². The molecule has 5 heterocycles. The van der Waals surface area contributed by atoms with E-state index in [4.69, 9.17) is 30.0 Å². The molecule has 0 saturated carbocycles. The summed E-state index contributed by atoms with van der Waals surface area (Å²) in [6.07, 6.45) is 0. The maximum atomic E-state index is 5.11. The monoisotopic (exact) mass is 947 g/mol. The summed E-state index contributed by atoms with van der Waals surface area (Å²) in [5, 5.41) is 2.40. The molecule has 0 aliphatic carbocycles. The molecule has 0 bridgehead atoms. The van der Waals surface area contributed by atoms with E-state index in [1.165, 1.54) is 66.6 Å². The summed E-state index contributed by atoms with van der Waals surface area (Å²) in [5.41, 5.74) is 17.3. The first kappa shape index (κ1) is 44.4. The summed E-state index contributed by atoms with van der Waals surface area (Å²) in [6.45, 7) is 18.4. The van der Waals surface area contributed by atoms with Gasteiger partial charge in [-0.25, -0.2) is 4.90 Å². The molecular weight excluding hydrogens is 894 g/mol. The van der Waals surface area contributed by atoms with Crippen LogP contribution in [0.25, 0.3) is 10.8 Å². The van der Waals surface area contributed by atoms with Crippen molar-refractivity contribution in [1.82, 2.24) is 4.90 Å². The van der Waals surface area contributed by atoms with Crippen LogP contribution >= 0.6 is 0 Å². The topological polar surface area (TPSA) is 83.9 Å². The zero-order chi connectivity index (χ0) is 49.9. The molecule has 0 amide bonds. The standard InChI is InChI=1S/C63H54BN9/c1-38(2)43-35-52-54-53(36-43)72(47-29-23-42(24-30-47)58-69-60-67-56(40-18-11-9-12-19-40)65-59-66-57(41-20-13-10-14-21-41)68-61(70-58)73(59)60)55-48-22-16-15-17-39(48)25-33-49(55)64(54)50-37-45(63(6,7)8)28-34-51(50)71(52)46-31-26-44(27-32-46)62(3,4)5/h9-38H,1-8H3. The molecule has 8 aromatic rings. The molecule has 0 N–H and O–H groups in total. The summed E-state index contributed by atoms with van der Waals surface area (Å²) >= 11 is 0. The molecule has 8 aromatic carbocycles. The van der Waals surface area contributed by atoms with Crippen LogP contribution in [-0.4, -0.2) is 47.0 Å². The Balaban J connectivity index is 1.00. The van der Waals surface area contributed by atoms with Crippen molar-refractivity contribution in [2.24, 2.45) is 30.0 Å². The first-order valence-electron chi connectivity index (χ1n) is 25.4. The van der Waals surface area contributed by atoms with Gasteiger partial charge in [0.2, 0.25) is 17.9 Å². The van der Waals surface area contributed by atoms with Crippen molar-refractivity contribution >= 4 is 103 Å². The number of anilines is 6. The van der Waals surface area contributed by atoms with Crippen LogP contribution in [0.4, 0.5) is 34.1 Å². The number of amidine groups is 3. The molecule has 5 aliphatic heterocycles.